The van der Waals surface area contributed by atoms with E-state index in [-0.39, 0.29) is 22.4 Å². The summed E-state index contributed by atoms with van der Waals surface area (Å²) < 4.78 is 30.2. The van der Waals surface area contributed by atoms with Gasteiger partial charge in [0.1, 0.15) is 5.75 Å². The van der Waals surface area contributed by atoms with Crippen LogP contribution in [0.3, 0.4) is 0 Å². The van der Waals surface area contributed by atoms with E-state index in [1.54, 1.807) is 24.3 Å². The number of benzene rings is 2. The fraction of sp³-hybridized carbons (Fsp3) is 0.125. The normalized spacial score (nSPS) is 10.9. The second kappa shape index (κ2) is 9.18. The second-order valence-corrected chi connectivity index (χ2v) is 7.00. The van der Waals surface area contributed by atoms with Crippen LogP contribution in [0.5, 0.6) is 5.75 Å². The highest BCUT2D eigenvalue weighted by molar-refractivity contribution is 7.99. The summed E-state index contributed by atoms with van der Waals surface area (Å²) in [6, 6.07) is 10.9. The van der Waals surface area contributed by atoms with Crippen LogP contribution in [0.1, 0.15) is 0 Å². The van der Waals surface area contributed by atoms with Gasteiger partial charge in [-0.05, 0) is 52.9 Å². The molecular formula is C16H11Cl2F2N5O2S. The van der Waals surface area contributed by atoms with Crippen molar-refractivity contribution in [2.24, 2.45) is 0 Å². The number of anilines is 1. The van der Waals surface area contributed by atoms with E-state index in [2.05, 4.69) is 25.6 Å². The van der Waals surface area contributed by atoms with E-state index in [1.165, 1.54) is 22.9 Å². The van der Waals surface area contributed by atoms with Gasteiger partial charge in [-0.25, -0.2) is 0 Å². The molecule has 3 rings (SSSR count). The molecule has 146 valence electrons. The summed E-state index contributed by atoms with van der Waals surface area (Å²) in [5.41, 5.74) is 1.04. The largest absolute Gasteiger partial charge is 0.433 e. The molecule has 0 aliphatic heterocycles. The zero-order valence-corrected chi connectivity index (χ0v) is 16.2. The summed E-state index contributed by atoms with van der Waals surface area (Å²) in [6.07, 6.45) is 0. The van der Waals surface area contributed by atoms with Crippen molar-refractivity contribution in [3.05, 3.63) is 52.5 Å². The first-order valence-electron chi connectivity index (χ1n) is 7.63. The van der Waals surface area contributed by atoms with Crippen LogP contribution in [-0.4, -0.2) is 38.5 Å². The van der Waals surface area contributed by atoms with Crippen molar-refractivity contribution in [3.8, 4) is 11.4 Å². The quantitative estimate of drug-likeness (QED) is 0.545. The molecule has 0 radical (unpaired) electrons. The van der Waals surface area contributed by atoms with Gasteiger partial charge in [0, 0.05) is 10.7 Å². The lowest BCUT2D eigenvalue weighted by Crippen LogP contribution is -2.14. The highest BCUT2D eigenvalue weighted by Gasteiger charge is 2.13. The van der Waals surface area contributed by atoms with Crippen LogP contribution in [0.15, 0.2) is 47.6 Å². The predicted molar refractivity (Wildman–Crippen MR) is 102 cm³/mol. The van der Waals surface area contributed by atoms with Crippen LogP contribution in [0.25, 0.3) is 5.69 Å². The summed E-state index contributed by atoms with van der Waals surface area (Å²) in [5, 5.41) is 15.0. The molecule has 3 aromatic rings. The Morgan fingerprint density at radius 2 is 1.96 bits per heavy atom. The molecule has 0 aliphatic rings. The van der Waals surface area contributed by atoms with E-state index in [1.807, 2.05) is 0 Å². The van der Waals surface area contributed by atoms with Crippen LogP contribution >= 0.6 is 35.0 Å². The van der Waals surface area contributed by atoms with Gasteiger partial charge in [-0.15, -0.1) is 5.10 Å². The molecule has 28 heavy (non-hydrogen) atoms. The molecule has 1 heterocycles. The maximum absolute atomic E-state index is 12.2. The number of hydrogen-bond donors (Lipinski definition) is 1. The monoisotopic (exact) mass is 445 g/mol. The van der Waals surface area contributed by atoms with E-state index in [0.29, 0.717) is 21.6 Å². The van der Waals surface area contributed by atoms with Crippen molar-refractivity contribution < 1.29 is 18.3 Å². The van der Waals surface area contributed by atoms with Crippen molar-refractivity contribution in [2.45, 2.75) is 11.8 Å². The molecule has 7 nitrogen and oxygen atoms in total. The Morgan fingerprint density at radius 3 is 2.64 bits per heavy atom. The number of alkyl halides is 2. The molecule has 12 heteroatoms. The Bertz CT molecular complexity index is 972. The molecule has 1 N–H and O–H groups in total. The summed E-state index contributed by atoms with van der Waals surface area (Å²) in [6.45, 7) is -2.99. The molecule has 0 spiro atoms. The number of nitrogens with zero attached hydrogens (tertiary/aromatic N) is 4. The smallest absolute Gasteiger partial charge is 0.387 e. The van der Waals surface area contributed by atoms with Crippen LogP contribution in [-0.2, 0) is 4.79 Å². The average molecular weight is 446 g/mol. The highest BCUT2D eigenvalue weighted by Crippen LogP contribution is 2.29. The molecule has 0 saturated carbocycles. The molecule has 1 amide bonds. The van der Waals surface area contributed by atoms with Gasteiger partial charge in [0.15, 0.2) is 0 Å². The van der Waals surface area contributed by atoms with Crippen molar-refractivity contribution in [2.75, 3.05) is 11.1 Å². The summed E-state index contributed by atoms with van der Waals surface area (Å²) in [7, 11) is 0. The number of tetrazole rings is 1. The minimum absolute atomic E-state index is 0.0147. The Morgan fingerprint density at radius 1 is 1.21 bits per heavy atom. The maximum atomic E-state index is 12.2. The number of halogens is 4. The van der Waals surface area contributed by atoms with E-state index in [0.717, 1.165) is 11.8 Å². The predicted octanol–water partition coefficient (Wildman–Crippen LogP) is 4.30. The van der Waals surface area contributed by atoms with Crippen molar-refractivity contribution in [1.82, 2.24) is 20.2 Å². The van der Waals surface area contributed by atoms with E-state index >= 15 is 0 Å². The first-order chi connectivity index (χ1) is 13.4. The Balaban J connectivity index is 1.60. The third kappa shape index (κ3) is 5.31. The van der Waals surface area contributed by atoms with Gasteiger partial charge in [-0.2, -0.15) is 13.5 Å². The molecule has 0 saturated heterocycles. The molecule has 2 aromatic carbocycles. The molecule has 1 aromatic heterocycles. The number of carbonyl (C=O) groups is 1. The first-order valence-corrected chi connectivity index (χ1v) is 9.38. The molecular weight excluding hydrogens is 435 g/mol. The second-order valence-electron chi connectivity index (χ2n) is 5.21. The van der Waals surface area contributed by atoms with Crippen molar-refractivity contribution in [1.29, 1.82) is 0 Å². The van der Waals surface area contributed by atoms with Gasteiger partial charge in [0.2, 0.25) is 11.1 Å². The lowest BCUT2D eigenvalue weighted by atomic mass is 10.3. The van der Waals surface area contributed by atoms with E-state index in [9.17, 15) is 13.6 Å². The van der Waals surface area contributed by atoms with E-state index in [4.69, 9.17) is 23.2 Å². The molecule has 0 aliphatic carbocycles. The standard InChI is InChI=1S/C16H11Cl2F2N5O2S/c17-9-1-4-11(5-2-9)25-16(22-23-24-25)28-8-14(26)21-10-3-6-13(12(18)7-10)27-15(19)20/h1-7,15H,8H2,(H,21,26). The van der Waals surface area contributed by atoms with Crippen LogP contribution in [0.4, 0.5) is 14.5 Å². The third-order valence-electron chi connectivity index (χ3n) is 3.28. The Labute approximate surface area is 172 Å². The summed E-state index contributed by atoms with van der Waals surface area (Å²) >= 11 is 12.8. The minimum atomic E-state index is -2.99. The number of hydrogen-bond acceptors (Lipinski definition) is 6. The molecule has 0 fully saturated rings. The van der Waals surface area contributed by atoms with Gasteiger partial charge in [0.25, 0.3) is 0 Å². The number of amides is 1. The van der Waals surface area contributed by atoms with Gasteiger partial charge in [0.05, 0.1) is 16.5 Å². The topological polar surface area (TPSA) is 81.9 Å². The number of nitrogens with one attached hydrogen (secondary N) is 1. The SMILES string of the molecule is O=C(CSc1nnnn1-c1ccc(Cl)cc1)Nc1ccc(OC(F)F)c(Cl)c1. The van der Waals surface area contributed by atoms with Gasteiger partial charge in [-0.1, -0.05) is 35.0 Å². The summed E-state index contributed by atoms with van der Waals surface area (Å²) in [4.78, 5) is 12.2. The highest BCUT2D eigenvalue weighted by atomic mass is 35.5. The average Bonchev–Trinajstić information content (AvgIpc) is 3.11. The zero-order valence-electron chi connectivity index (χ0n) is 13.9. The zero-order chi connectivity index (χ0) is 20.1. The van der Waals surface area contributed by atoms with Crippen LogP contribution in [0, 0.1) is 0 Å². The number of thioether (sulfide) groups is 1. The number of rotatable bonds is 7. The molecule has 0 atom stereocenters. The van der Waals surface area contributed by atoms with Crippen molar-refractivity contribution in [3.63, 3.8) is 0 Å². The fourth-order valence-electron chi connectivity index (χ4n) is 2.11. The summed E-state index contributed by atoms with van der Waals surface area (Å²) in [5.74, 6) is -0.513. The van der Waals surface area contributed by atoms with Gasteiger partial charge < -0.3 is 10.1 Å². The lowest BCUT2D eigenvalue weighted by molar-refractivity contribution is -0.113. The first kappa shape index (κ1) is 20.3. The van der Waals surface area contributed by atoms with Crippen molar-refractivity contribution >= 4 is 46.6 Å². The fourth-order valence-corrected chi connectivity index (χ4v) is 3.15. The Kier molecular flexibility index (Phi) is 6.65. The molecule has 0 unspecified atom stereocenters. The number of carbonyl (C=O) groups excluding carboxylic acids is 1. The lowest BCUT2D eigenvalue weighted by Gasteiger charge is -2.09. The number of aromatic nitrogens is 4. The molecule has 0 bridgehead atoms. The maximum Gasteiger partial charge on any atom is 0.387 e. The van der Waals surface area contributed by atoms with E-state index < -0.39 is 6.61 Å². The third-order valence-corrected chi connectivity index (χ3v) is 4.74. The van der Waals surface area contributed by atoms with Crippen LogP contribution < -0.4 is 10.1 Å². The van der Waals surface area contributed by atoms with Gasteiger partial charge in [-0.3, -0.25) is 4.79 Å². The van der Waals surface area contributed by atoms with Gasteiger partial charge >= 0.3 is 6.61 Å². The minimum Gasteiger partial charge on any atom is -0.433 e. The Hall–Kier alpha value is -2.43. The number of ether oxygens (including phenoxy) is 1. The van der Waals surface area contributed by atoms with Crippen LogP contribution in [0.2, 0.25) is 10.0 Å².